The Morgan fingerprint density at radius 3 is 2.75 bits per heavy atom. The zero-order valence-electron chi connectivity index (χ0n) is 15.9. The van der Waals surface area contributed by atoms with Crippen LogP contribution < -0.4 is 15.4 Å². The second-order valence-corrected chi connectivity index (χ2v) is 7.55. The summed E-state index contributed by atoms with van der Waals surface area (Å²) >= 11 is 6.41. The van der Waals surface area contributed by atoms with Crippen molar-refractivity contribution in [3.05, 3.63) is 17.3 Å². The first kappa shape index (κ1) is 19.1. The highest BCUT2D eigenvalue weighted by atomic mass is 35.5. The summed E-state index contributed by atoms with van der Waals surface area (Å²) in [4.78, 5) is 17.9. The van der Waals surface area contributed by atoms with Crippen molar-refractivity contribution in [3.63, 3.8) is 0 Å². The molecule has 0 spiro atoms. The van der Waals surface area contributed by atoms with Gasteiger partial charge in [-0.3, -0.25) is 0 Å². The lowest BCUT2D eigenvalue weighted by atomic mass is 10.1. The summed E-state index contributed by atoms with van der Waals surface area (Å²) in [7, 11) is 1.39. The summed E-state index contributed by atoms with van der Waals surface area (Å²) in [6, 6.07) is 2.12. The van der Waals surface area contributed by atoms with Gasteiger partial charge in [0.1, 0.15) is 6.10 Å². The first-order chi connectivity index (χ1) is 13.6. The molecule has 2 aromatic rings. The summed E-state index contributed by atoms with van der Waals surface area (Å²) in [5.74, 6) is 1.12. The number of fused-ring (bicyclic) bond motifs is 1. The van der Waals surface area contributed by atoms with Crippen molar-refractivity contribution >= 4 is 29.3 Å². The summed E-state index contributed by atoms with van der Waals surface area (Å²) < 4.78 is 12.7. The van der Waals surface area contributed by atoms with Gasteiger partial charge < -0.3 is 25.0 Å². The zero-order valence-corrected chi connectivity index (χ0v) is 16.6. The molecule has 2 saturated heterocycles. The molecule has 9 nitrogen and oxygen atoms in total. The number of rotatable bonds is 4. The average molecular weight is 409 g/mol. The number of halogens is 1. The maximum Gasteiger partial charge on any atom is 0.409 e. The summed E-state index contributed by atoms with van der Waals surface area (Å²) in [6.07, 6.45) is 4.94. The molecular formula is C18H25ClN6O3. The van der Waals surface area contributed by atoms with Gasteiger partial charge in [-0.15, -0.1) is 5.10 Å². The molecule has 2 N–H and O–H groups in total. The Morgan fingerprint density at radius 2 is 2.04 bits per heavy atom. The summed E-state index contributed by atoms with van der Waals surface area (Å²) in [6.45, 7) is 3.17. The first-order valence-corrected chi connectivity index (χ1v) is 10.0. The molecule has 2 aliphatic rings. The zero-order chi connectivity index (χ0) is 19.5. The average Bonchev–Trinajstić information content (AvgIpc) is 3.13. The van der Waals surface area contributed by atoms with Crippen LogP contribution in [0.4, 0.5) is 10.7 Å². The number of anilines is 1. The van der Waals surface area contributed by atoms with Crippen molar-refractivity contribution in [1.29, 1.82) is 0 Å². The summed E-state index contributed by atoms with van der Waals surface area (Å²) in [5, 5.41) is 11.8. The molecule has 2 aliphatic heterocycles. The van der Waals surface area contributed by atoms with Gasteiger partial charge in [-0.25, -0.2) is 9.31 Å². The van der Waals surface area contributed by atoms with Gasteiger partial charge in [-0.2, -0.15) is 4.98 Å². The molecule has 0 saturated carbocycles. The van der Waals surface area contributed by atoms with E-state index in [0.717, 1.165) is 25.9 Å². The van der Waals surface area contributed by atoms with Gasteiger partial charge >= 0.3 is 6.09 Å². The molecule has 152 valence electrons. The van der Waals surface area contributed by atoms with Crippen molar-refractivity contribution in [2.45, 2.75) is 37.8 Å². The van der Waals surface area contributed by atoms with Crippen LogP contribution in [0.5, 0.6) is 5.75 Å². The maximum atomic E-state index is 11.6. The van der Waals surface area contributed by atoms with Gasteiger partial charge in [0.25, 0.3) is 0 Å². The molecular weight excluding hydrogens is 384 g/mol. The number of likely N-dealkylation sites (tertiary alicyclic amines) is 1. The number of nitrogens with zero attached hydrogens (tertiary/aromatic N) is 4. The quantitative estimate of drug-likeness (QED) is 0.800. The van der Waals surface area contributed by atoms with Crippen LogP contribution in [-0.4, -0.2) is 71.0 Å². The molecule has 2 fully saturated rings. The molecule has 1 amide bonds. The Hall–Kier alpha value is -2.26. The topological polar surface area (TPSA) is 93.0 Å². The van der Waals surface area contributed by atoms with Crippen LogP contribution in [-0.2, 0) is 4.74 Å². The van der Waals surface area contributed by atoms with E-state index in [-0.39, 0.29) is 12.2 Å². The van der Waals surface area contributed by atoms with Gasteiger partial charge in [0.15, 0.2) is 5.75 Å². The van der Waals surface area contributed by atoms with E-state index < -0.39 is 0 Å². The number of hydrogen-bond acceptors (Lipinski definition) is 7. The van der Waals surface area contributed by atoms with Crippen molar-refractivity contribution < 1.29 is 14.3 Å². The van der Waals surface area contributed by atoms with Crippen LogP contribution in [0.2, 0.25) is 5.02 Å². The Kier molecular flexibility index (Phi) is 5.72. The molecule has 0 radical (unpaired) electrons. The maximum absolute atomic E-state index is 11.6. The van der Waals surface area contributed by atoms with E-state index in [0.29, 0.717) is 54.3 Å². The predicted octanol–water partition coefficient (Wildman–Crippen LogP) is 2.16. The second kappa shape index (κ2) is 8.40. The Labute approximate surface area is 168 Å². The van der Waals surface area contributed by atoms with Crippen molar-refractivity contribution in [2.24, 2.45) is 0 Å². The smallest absolute Gasteiger partial charge is 0.409 e. The number of methoxy groups -OCH3 is 1. The number of piperidine rings is 2. The van der Waals surface area contributed by atoms with Gasteiger partial charge in [-0.1, -0.05) is 11.6 Å². The van der Waals surface area contributed by atoms with Crippen molar-refractivity contribution in [1.82, 2.24) is 24.8 Å². The molecule has 0 aliphatic carbocycles. The molecule has 10 heteroatoms. The van der Waals surface area contributed by atoms with E-state index in [1.807, 2.05) is 0 Å². The number of aromatic nitrogens is 3. The van der Waals surface area contributed by atoms with Gasteiger partial charge in [0.2, 0.25) is 11.6 Å². The largest absolute Gasteiger partial charge is 0.485 e. The minimum Gasteiger partial charge on any atom is -0.485 e. The number of carbonyl (C=O) groups is 1. The molecule has 2 aromatic heterocycles. The van der Waals surface area contributed by atoms with E-state index in [4.69, 9.17) is 21.1 Å². The van der Waals surface area contributed by atoms with E-state index in [1.165, 1.54) is 7.11 Å². The number of carbonyl (C=O) groups excluding carboxylic acids is 1. The van der Waals surface area contributed by atoms with Crippen LogP contribution in [0.25, 0.3) is 5.65 Å². The van der Waals surface area contributed by atoms with E-state index in [1.54, 1.807) is 21.7 Å². The third-order valence-corrected chi connectivity index (χ3v) is 5.54. The Bertz CT molecular complexity index is 830. The van der Waals surface area contributed by atoms with Crippen LogP contribution in [0.15, 0.2) is 12.3 Å². The number of hydrogen-bond donors (Lipinski definition) is 2. The third-order valence-electron chi connectivity index (χ3n) is 5.25. The SMILES string of the molecule is COC(=O)N1CCC(Oc2c(Cl)ccn3nc(NC4CCNCC4)nc23)CC1. The molecule has 0 unspecified atom stereocenters. The van der Waals surface area contributed by atoms with E-state index in [9.17, 15) is 4.79 Å². The highest BCUT2D eigenvalue weighted by Crippen LogP contribution is 2.31. The third kappa shape index (κ3) is 4.10. The molecule has 4 rings (SSSR count). The highest BCUT2D eigenvalue weighted by molar-refractivity contribution is 6.32. The highest BCUT2D eigenvalue weighted by Gasteiger charge is 2.26. The van der Waals surface area contributed by atoms with E-state index >= 15 is 0 Å². The van der Waals surface area contributed by atoms with Gasteiger partial charge in [-0.05, 0) is 32.0 Å². The minimum absolute atomic E-state index is 0.0397. The van der Waals surface area contributed by atoms with Crippen molar-refractivity contribution in [3.8, 4) is 5.75 Å². The lowest BCUT2D eigenvalue weighted by molar-refractivity contribution is 0.0795. The standard InChI is InChI=1S/C18H25ClN6O3/c1-27-18(26)24-9-4-13(5-10-24)28-15-14(19)6-11-25-16(15)22-17(23-25)21-12-2-7-20-8-3-12/h6,11-13,20H,2-5,7-10H2,1H3,(H,21,23). The number of ether oxygens (including phenoxy) is 2. The first-order valence-electron chi connectivity index (χ1n) is 9.65. The molecule has 4 heterocycles. The monoisotopic (exact) mass is 408 g/mol. The number of nitrogens with one attached hydrogen (secondary N) is 2. The minimum atomic E-state index is -0.301. The second-order valence-electron chi connectivity index (χ2n) is 7.14. The number of pyridine rings is 1. The molecule has 0 atom stereocenters. The van der Waals surface area contributed by atoms with Crippen molar-refractivity contribution in [2.75, 3.05) is 38.6 Å². The lowest BCUT2D eigenvalue weighted by Gasteiger charge is -2.31. The van der Waals surface area contributed by atoms with Gasteiger partial charge in [0, 0.05) is 38.2 Å². The molecule has 0 aromatic carbocycles. The fraction of sp³-hybridized carbons (Fsp3) is 0.611. The molecule has 28 heavy (non-hydrogen) atoms. The molecule has 0 bridgehead atoms. The number of amides is 1. The Morgan fingerprint density at radius 1 is 1.29 bits per heavy atom. The fourth-order valence-electron chi connectivity index (χ4n) is 3.67. The lowest BCUT2D eigenvalue weighted by Crippen LogP contribution is -2.41. The van der Waals surface area contributed by atoms with E-state index in [2.05, 4.69) is 20.7 Å². The predicted molar refractivity (Wildman–Crippen MR) is 105 cm³/mol. The summed E-state index contributed by atoms with van der Waals surface area (Å²) in [5.41, 5.74) is 0.597. The normalized spacial score (nSPS) is 19.0. The van der Waals surface area contributed by atoms with Crippen LogP contribution in [0.3, 0.4) is 0 Å². The van der Waals surface area contributed by atoms with Crippen LogP contribution in [0, 0.1) is 0 Å². The van der Waals surface area contributed by atoms with Gasteiger partial charge in [0.05, 0.1) is 12.1 Å². The van der Waals surface area contributed by atoms with Crippen LogP contribution >= 0.6 is 11.6 Å². The Balaban J connectivity index is 1.47. The fourth-order valence-corrected chi connectivity index (χ4v) is 3.86. The van der Waals surface area contributed by atoms with Crippen LogP contribution in [0.1, 0.15) is 25.7 Å².